The fourth-order valence-corrected chi connectivity index (χ4v) is 4.86. The van der Waals surface area contributed by atoms with Crippen LogP contribution >= 0.6 is 0 Å². The Morgan fingerprint density at radius 1 is 1.38 bits per heavy atom. The lowest BCUT2D eigenvalue weighted by Gasteiger charge is -2.17. The Morgan fingerprint density at radius 3 is 2.62 bits per heavy atom. The summed E-state index contributed by atoms with van der Waals surface area (Å²) in [7, 11) is -0.453. The summed E-state index contributed by atoms with van der Waals surface area (Å²) >= 11 is 0. The first-order valence-corrected chi connectivity index (χ1v) is 6.90. The highest BCUT2D eigenvalue weighted by molar-refractivity contribution is 6.75. The van der Waals surface area contributed by atoms with Gasteiger partial charge in [0.05, 0.1) is 0 Å². The Bertz CT molecular complexity index is 244. The molecule has 0 aromatic rings. The van der Waals surface area contributed by atoms with Gasteiger partial charge in [-0.3, -0.25) is 0 Å². The lowest BCUT2D eigenvalue weighted by atomic mass is 10.1. The van der Waals surface area contributed by atoms with Crippen LogP contribution in [0.1, 0.15) is 26.7 Å². The third-order valence-electron chi connectivity index (χ3n) is 3.52. The molecular weight excluding hydrogens is 176 g/mol. The summed E-state index contributed by atoms with van der Waals surface area (Å²) in [6, 6.07) is 0. The summed E-state index contributed by atoms with van der Waals surface area (Å²) < 4.78 is 0. The molecule has 3 atom stereocenters. The molecule has 0 saturated heterocycles. The van der Waals surface area contributed by atoms with Crippen LogP contribution in [0.15, 0.2) is 12.2 Å². The maximum Gasteiger partial charge on any atom is 0.107 e. The van der Waals surface area contributed by atoms with Crippen LogP contribution in [0, 0.1) is 17.8 Å². The van der Waals surface area contributed by atoms with Gasteiger partial charge in [-0.1, -0.05) is 26.0 Å². The van der Waals surface area contributed by atoms with Gasteiger partial charge in [-0.2, -0.15) is 0 Å². The maximum atomic E-state index is 11.6. The molecule has 2 heteroatoms. The lowest BCUT2D eigenvalue weighted by Crippen LogP contribution is -2.22. The first-order valence-electron chi connectivity index (χ1n) is 5.38. The molecule has 1 saturated carbocycles. The first-order chi connectivity index (χ1) is 6.16. The van der Waals surface area contributed by atoms with E-state index in [2.05, 4.69) is 12.2 Å². The largest absolute Gasteiger partial charge is 0.306 e. The predicted octanol–water partition coefficient (Wildman–Crippen LogP) is 1.72. The average molecular weight is 194 g/mol. The van der Waals surface area contributed by atoms with E-state index in [-0.39, 0.29) is 5.92 Å². The molecule has 13 heavy (non-hydrogen) atoms. The quantitative estimate of drug-likeness (QED) is 0.494. The van der Waals surface area contributed by atoms with Crippen LogP contribution in [0.2, 0.25) is 5.54 Å². The van der Waals surface area contributed by atoms with Gasteiger partial charge >= 0.3 is 0 Å². The lowest BCUT2D eigenvalue weighted by molar-refractivity contribution is -0.114. The van der Waals surface area contributed by atoms with Crippen molar-refractivity contribution in [3.63, 3.8) is 0 Å². The fraction of sp³-hybridized carbons (Fsp3) is 0.727. The smallest absolute Gasteiger partial charge is 0.107 e. The number of carbonyl (C=O) groups is 1. The third kappa shape index (κ3) is 1.78. The van der Waals surface area contributed by atoms with Gasteiger partial charge in [-0.05, 0) is 30.2 Å². The molecule has 0 radical (unpaired) electrons. The van der Waals surface area contributed by atoms with Crippen molar-refractivity contribution in [2.24, 2.45) is 17.8 Å². The normalized spacial score (nSPS) is 37.0. The summed E-state index contributed by atoms with van der Waals surface area (Å²) in [5.41, 5.74) is 0.810. The van der Waals surface area contributed by atoms with Crippen LogP contribution < -0.4 is 0 Å². The molecule has 1 nitrogen and oxygen atoms in total. The topological polar surface area (TPSA) is 17.1 Å². The summed E-state index contributed by atoms with van der Waals surface area (Å²) in [6.45, 7) is 4.08. The molecule has 3 unspecified atom stereocenters. The Kier molecular flexibility index (Phi) is 2.41. The average Bonchev–Trinajstić information content (AvgIpc) is 2.64. The Balaban J connectivity index is 1.90. The van der Waals surface area contributed by atoms with Gasteiger partial charge in [0, 0.05) is 5.92 Å². The van der Waals surface area contributed by atoms with Crippen molar-refractivity contribution in [2.45, 2.75) is 32.2 Å². The van der Waals surface area contributed by atoms with E-state index < -0.39 is 9.52 Å². The second kappa shape index (κ2) is 3.41. The number of hydrogen-bond acceptors (Lipinski definition) is 1. The number of allylic oxidation sites excluding steroid dienone is 2. The Morgan fingerprint density at radius 2 is 2.15 bits per heavy atom. The molecule has 2 aliphatic rings. The number of fused-ring (bicyclic) bond motifs is 2. The second-order valence-electron chi connectivity index (χ2n) is 4.87. The van der Waals surface area contributed by atoms with Crippen LogP contribution in [-0.4, -0.2) is 14.9 Å². The van der Waals surface area contributed by atoms with E-state index in [4.69, 9.17) is 0 Å². The molecule has 2 rings (SSSR count). The minimum Gasteiger partial charge on any atom is -0.306 e. The number of rotatable bonds is 3. The summed E-state index contributed by atoms with van der Waals surface area (Å²) in [6.07, 6.45) is 7.39. The van der Waals surface area contributed by atoms with Crippen LogP contribution in [0.25, 0.3) is 0 Å². The maximum absolute atomic E-state index is 11.6. The van der Waals surface area contributed by atoms with Gasteiger partial charge in [-0.15, -0.1) is 0 Å². The summed E-state index contributed by atoms with van der Waals surface area (Å²) in [4.78, 5) is 11.6. The summed E-state index contributed by atoms with van der Waals surface area (Å²) in [5, 5.41) is 0.589. The van der Waals surface area contributed by atoms with Gasteiger partial charge in [0.15, 0.2) is 0 Å². The molecule has 0 aromatic carbocycles. The Hall–Kier alpha value is -0.373. The zero-order valence-corrected chi connectivity index (χ0v) is 9.91. The molecule has 0 amide bonds. The number of hydrogen-bond donors (Lipinski definition) is 0. The molecule has 0 spiro atoms. The van der Waals surface area contributed by atoms with Gasteiger partial charge < -0.3 is 4.79 Å². The zero-order chi connectivity index (χ0) is 9.42. The van der Waals surface area contributed by atoms with E-state index in [1.54, 1.807) is 0 Å². The van der Waals surface area contributed by atoms with Gasteiger partial charge in [0.2, 0.25) is 0 Å². The minimum atomic E-state index is -0.453. The number of carbonyl (C=O) groups excluding carboxylic acids is 1. The predicted molar refractivity (Wildman–Crippen MR) is 57.5 cm³/mol. The molecule has 1 fully saturated rings. The van der Waals surface area contributed by atoms with Crippen LogP contribution in [0.4, 0.5) is 0 Å². The van der Waals surface area contributed by atoms with Crippen molar-refractivity contribution in [1.82, 2.24) is 0 Å². The molecule has 0 aromatic heterocycles. The monoisotopic (exact) mass is 194 g/mol. The van der Waals surface area contributed by atoms with Crippen molar-refractivity contribution < 1.29 is 4.79 Å². The minimum absolute atomic E-state index is 0.287. The van der Waals surface area contributed by atoms with Crippen molar-refractivity contribution in [3.05, 3.63) is 12.2 Å². The Labute approximate surface area is 82.4 Å². The molecule has 0 heterocycles. The van der Waals surface area contributed by atoms with E-state index >= 15 is 0 Å². The van der Waals surface area contributed by atoms with Crippen LogP contribution in [-0.2, 0) is 4.79 Å². The standard InChI is InChI=1S/C11H18OSi/c1-7(2)11(12)13-10-6-8-3-4-9(10)5-8/h3-4,7-10H,5-6,13H2,1-2H3. The molecular formula is C11H18OSi. The fourth-order valence-electron chi connectivity index (χ4n) is 2.62. The van der Waals surface area contributed by atoms with Crippen molar-refractivity contribution >= 4 is 14.9 Å². The summed E-state index contributed by atoms with van der Waals surface area (Å²) in [5.74, 6) is 1.91. The van der Waals surface area contributed by atoms with Crippen molar-refractivity contribution in [1.29, 1.82) is 0 Å². The highest BCUT2D eigenvalue weighted by Crippen LogP contribution is 2.46. The first kappa shape index (κ1) is 9.19. The highest BCUT2D eigenvalue weighted by Gasteiger charge is 2.36. The third-order valence-corrected chi connectivity index (χ3v) is 6.21. The molecule has 2 bridgehead atoms. The van der Waals surface area contributed by atoms with E-state index in [1.165, 1.54) is 12.8 Å². The molecule has 2 aliphatic carbocycles. The van der Waals surface area contributed by atoms with Crippen molar-refractivity contribution in [3.8, 4) is 0 Å². The van der Waals surface area contributed by atoms with Crippen LogP contribution in [0.5, 0.6) is 0 Å². The molecule has 0 aliphatic heterocycles. The van der Waals surface area contributed by atoms with Gasteiger partial charge in [0.25, 0.3) is 0 Å². The van der Waals surface area contributed by atoms with Crippen LogP contribution in [0.3, 0.4) is 0 Å². The van der Waals surface area contributed by atoms with Crippen molar-refractivity contribution in [2.75, 3.05) is 0 Å². The highest BCUT2D eigenvalue weighted by atomic mass is 28.2. The molecule has 0 N–H and O–H groups in total. The molecule has 72 valence electrons. The zero-order valence-electron chi connectivity index (χ0n) is 8.49. The second-order valence-corrected chi connectivity index (χ2v) is 7.02. The van der Waals surface area contributed by atoms with E-state index in [0.717, 1.165) is 17.4 Å². The van der Waals surface area contributed by atoms with E-state index in [0.29, 0.717) is 5.41 Å². The van der Waals surface area contributed by atoms with Gasteiger partial charge in [-0.25, -0.2) is 0 Å². The van der Waals surface area contributed by atoms with E-state index in [9.17, 15) is 4.79 Å². The van der Waals surface area contributed by atoms with Gasteiger partial charge in [0.1, 0.15) is 14.9 Å². The van der Waals surface area contributed by atoms with E-state index in [1.807, 2.05) is 13.8 Å². The SMILES string of the molecule is CC(C)C(=O)[SiH2]C1CC2C=CC1C2.